The number of carbonyl (C=O) groups excluding carboxylic acids is 1. The van der Waals surface area contributed by atoms with E-state index in [0.29, 0.717) is 22.1 Å². The number of esters is 1. The first kappa shape index (κ1) is 15.6. The number of rotatable bonds is 5. The van der Waals surface area contributed by atoms with Gasteiger partial charge >= 0.3 is 5.97 Å². The Morgan fingerprint density at radius 1 is 1.05 bits per heavy atom. The maximum atomic E-state index is 11.6. The summed E-state index contributed by atoms with van der Waals surface area (Å²) in [5.41, 5.74) is 0.346. The Morgan fingerprint density at radius 2 is 1.47 bits per heavy atom. The van der Waals surface area contributed by atoms with Crippen LogP contribution in [0.5, 0.6) is 11.5 Å². The Bertz CT molecular complexity index is 424. The number of halogens is 1. The molecule has 5 heteroatoms. The normalized spacial score (nSPS) is 10.7. The third-order valence-electron chi connectivity index (χ3n) is 2.15. The molecule has 0 aliphatic carbocycles. The van der Waals surface area contributed by atoms with E-state index in [1.807, 2.05) is 27.7 Å². The summed E-state index contributed by atoms with van der Waals surface area (Å²) in [4.78, 5) is 11.6. The van der Waals surface area contributed by atoms with Crippen LogP contribution in [0.3, 0.4) is 0 Å². The smallest absolute Gasteiger partial charge is 0.338 e. The summed E-state index contributed by atoms with van der Waals surface area (Å²) in [6.45, 7) is 7.52. The molecule has 1 aromatic carbocycles. The standard InChI is InChI=1S/C14H19ClO4/c1-8(2)18-11-6-10(14(16)17-5)7-12(13(11)15)19-9(3)4/h6-9H,1-5H3. The molecule has 0 spiro atoms. The minimum atomic E-state index is -0.459. The molecule has 0 atom stereocenters. The minimum Gasteiger partial charge on any atom is -0.489 e. The second-order valence-electron chi connectivity index (χ2n) is 4.61. The molecule has 0 N–H and O–H groups in total. The summed E-state index contributed by atoms with van der Waals surface area (Å²) < 4.78 is 15.9. The van der Waals surface area contributed by atoms with Crippen molar-refractivity contribution in [3.05, 3.63) is 22.7 Å². The average molecular weight is 287 g/mol. The van der Waals surface area contributed by atoms with Crippen molar-refractivity contribution >= 4 is 17.6 Å². The zero-order chi connectivity index (χ0) is 14.6. The van der Waals surface area contributed by atoms with Crippen molar-refractivity contribution in [2.24, 2.45) is 0 Å². The van der Waals surface area contributed by atoms with Gasteiger partial charge in [0.05, 0.1) is 24.9 Å². The van der Waals surface area contributed by atoms with Crippen LogP contribution in [0.1, 0.15) is 38.1 Å². The van der Waals surface area contributed by atoms with Crippen LogP contribution < -0.4 is 9.47 Å². The van der Waals surface area contributed by atoms with E-state index >= 15 is 0 Å². The van der Waals surface area contributed by atoms with E-state index in [0.717, 1.165) is 0 Å². The van der Waals surface area contributed by atoms with Crippen molar-refractivity contribution in [3.63, 3.8) is 0 Å². The highest BCUT2D eigenvalue weighted by Crippen LogP contribution is 2.37. The third kappa shape index (κ3) is 4.31. The van der Waals surface area contributed by atoms with Gasteiger partial charge in [0.25, 0.3) is 0 Å². The molecule has 0 amide bonds. The average Bonchev–Trinajstić information content (AvgIpc) is 2.31. The Labute approximate surface area is 118 Å². The first-order chi connectivity index (χ1) is 8.85. The van der Waals surface area contributed by atoms with Gasteiger partial charge in [-0.3, -0.25) is 0 Å². The highest BCUT2D eigenvalue weighted by Gasteiger charge is 2.17. The number of ether oxygens (including phenoxy) is 3. The molecule has 0 saturated carbocycles. The lowest BCUT2D eigenvalue weighted by Crippen LogP contribution is -2.11. The van der Waals surface area contributed by atoms with Crippen LogP contribution in [-0.2, 0) is 4.74 Å². The first-order valence-corrected chi connectivity index (χ1v) is 6.48. The quantitative estimate of drug-likeness (QED) is 0.774. The summed E-state index contributed by atoms with van der Waals surface area (Å²) in [5, 5.41) is 0.357. The maximum Gasteiger partial charge on any atom is 0.338 e. The molecule has 0 unspecified atom stereocenters. The lowest BCUT2D eigenvalue weighted by atomic mass is 10.2. The first-order valence-electron chi connectivity index (χ1n) is 6.10. The Hall–Kier alpha value is -1.42. The molecule has 1 aromatic rings. The van der Waals surface area contributed by atoms with Gasteiger partial charge in [0.1, 0.15) is 16.5 Å². The molecule has 0 bridgehead atoms. The second-order valence-corrected chi connectivity index (χ2v) is 4.99. The largest absolute Gasteiger partial charge is 0.489 e. The molecule has 0 heterocycles. The van der Waals surface area contributed by atoms with E-state index < -0.39 is 5.97 Å². The number of hydrogen-bond acceptors (Lipinski definition) is 4. The molecule has 19 heavy (non-hydrogen) atoms. The van der Waals surface area contributed by atoms with Crippen molar-refractivity contribution in [3.8, 4) is 11.5 Å². The van der Waals surface area contributed by atoms with Crippen LogP contribution in [0.25, 0.3) is 0 Å². The molecule has 0 aliphatic heterocycles. The van der Waals surface area contributed by atoms with Crippen LogP contribution in [-0.4, -0.2) is 25.3 Å². The fourth-order valence-electron chi connectivity index (χ4n) is 1.49. The molecular formula is C14H19ClO4. The number of benzene rings is 1. The molecular weight excluding hydrogens is 268 g/mol. The zero-order valence-corrected chi connectivity index (χ0v) is 12.6. The summed E-state index contributed by atoms with van der Waals surface area (Å²) in [6, 6.07) is 3.11. The van der Waals surface area contributed by atoms with Crippen molar-refractivity contribution in [2.45, 2.75) is 39.9 Å². The molecule has 4 nitrogen and oxygen atoms in total. The molecule has 0 aromatic heterocycles. The second kappa shape index (κ2) is 6.66. The van der Waals surface area contributed by atoms with Gasteiger partial charge in [-0.25, -0.2) is 4.79 Å². The topological polar surface area (TPSA) is 44.8 Å². The molecule has 1 rings (SSSR count). The summed E-state index contributed by atoms with van der Waals surface area (Å²) in [7, 11) is 1.32. The zero-order valence-electron chi connectivity index (χ0n) is 11.8. The SMILES string of the molecule is COC(=O)c1cc(OC(C)C)c(Cl)c(OC(C)C)c1. The van der Waals surface area contributed by atoms with Crippen LogP contribution in [0.15, 0.2) is 12.1 Å². The highest BCUT2D eigenvalue weighted by molar-refractivity contribution is 6.33. The Morgan fingerprint density at radius 3 is 1.79 bits per heavy atom. The fraction of sp³-hybridized carbons (Fsp3) is 0.500. The lowest BCUT2D eigenvalue weighted by molar-refractivity contribution is 0.0599. The molecule has 0 radical (unpaired) electrons. The Kier molecular flexibility index (Phi) is 5.48. The van der Waals surface area contributed by atoms with Gasteiger partial charge in [0.15, 0.2) is 0 Å². The van der Waals surface area contributed by atoms with Gasteiger partial charge in [-0.15, -0.1) is 0 Å². The van der Waals surface area contributed by atoms with E-state index in [-0.39, 0.29) is 12.2 Å². The van der Waals surface area contributed by atoms with Crippen LogP contribution in [0.4, 0.5) is 0 Å². The van der Waals surface area contributed by atoms with E-state index in [1.54, 1.807) is 12.1 Å². The van der Waals surface area contributed by atoms with E-state index in [9.17, 15) is 4.79 Å². The number of hydrogen-bond donors (Lipinski definition) is 0. The van der Waals surface area contributed by atoms with Crippen LogP contribution in [0, 0.1) is 0 Å². The maximum absolute atomic E-state index is 11.6. The lowest BCUT2D eigenvalue weighted by Gasteiger charge is -2.17. The fourth-order valence-corrected chi connectivity index (χ4v) is 1.69. The van der Waals surface area contributed by atoms with Gasteiger partial charge in [0.2, 0.25) is 0 Å². The predicted molar refractivity (Wildman–Crippen MR) is 74.3 cm³/mol. The third-order valence-corrected chi connectivity index (χ3v) is 2.52. The minimum absolute atomic E-state index is 0.0581. The monoisotopic (exact) mass is 286 g/mol. The van der Waals surface area contributed by atoms with Crippen LogP contribution >= 0.6 is 11.6 Å². The number of carbonyl (C=O) groups is 1. The molecule has 0 saturated heterocycles. The van der Waals surface area contributed by atoms with E-state index in [2.05, 4.69) is 0 Å². The van der Waals surface area contributed by atoms with Gasteiger partial charge in [-0.2, -0.15) is 0 Å². The Balaban J connectivity index is 3.25. The van der Waals surface area contributed by atoms with E-state index in [1.165, 1.54) is 7.11 Å². The van der Waals surface area contributed by atoms with E-state index in [4.69, 9.17) is 25.8 Å². The van der Waals surface area contributed by atoms with Gasteiger partial charge in [-0.05, 0) is 39.8 Å². The summed E-state index contributed by atoms with van der Waals surface area (Å²) in [6.07, 6.45) is -0.116. The molecule has 106 valence electrons. The van der Waals surface area contributed by atoms with Gasteiger partial charge in [0, 0.05) is 0 Å². The predicted octanol–water partition coefficient (Wildman–Crippen LogP) is 3.70. The van der Waals surface area contributed by atoms with Crippen molar-refractivity contribution in [1.29, 1.82) is 0 Å². The van der Waals surface area contributed by atoms with Crippen molar-refractivity contribution in [1.82, 2.24) is 0 Å². The van der Waals surface area contributed by atoms with Crippen LogP contribution in [0.2, 0.25) is 5.02 Å². The van der Waals surface area contributed by atoms with Gasteiger partial charge < -0.3 is 14.2 Å². The highest BCUT2D eigenvalue weighted by atomic mass is 35.5. The van der Waals surface area contributed by atoms with Gasteiger partial charge in [-0.1, -0.05) is 11.6 Å². The number of methoxy groups -OCH3 is 1. The molecule has 0 fully saturated rings. The van der Waals surface area contributed by atoms with Crippen molar-refractivity contribution < 1.29 is 19.0 Å². The molecule has 0 aliphatic rings. The summed E-state index contributed by atoms with van der Waals surface area (Å²) in [5.74, 6) is 0.365. The van der Waals surface area contributed by atoms with Crippen molar-refractivity contribution in [2.75, 3.05) is 7.11 Å². The summed E-state index contributed by atoms with van der Waals surface area (Å²) >= 11 is 6.21.